The van der Waals surface area contributed by atoms with E-state index in [1.165, 1.54) is 0 Å². The molecule has 0 atom stereocenters. The summed E-state index contributed by atoms with van der Waals surface area (Å²) in [6, 6.07) is 7.90. The largest absolute Gasteiger partial charge is 0.497 e. The zero-order chi connectivity index (χ0) is 20.1. The molecule has 0 N–H and O–H groups in total. The van der Waals surface area contributed by atoms with Crippen LogP contribution in [0.2, 0.25) is 0 Å². The Morgan fingerprint density at radius 1 is 1.14 bits per heavy atom. The van der Waals surface area contributed by atoms with E-state index < -0.39 is 0 Å². The van der Waals surface area contributed by atoms with Crippen LogP contribution in [0.4, 0.5) is 0 Å². The minimum Gasteiger partial charge on any atom is -0.497 e. The topological polar surface area (TPSA) is 77.7 Å². The average molecular weight is 399 g/mol. The first-order chi connectivity index (χ1) is 14.2. The number of piperidine rings is 1. The lowest BCUT2D eigenvalue weighted by Gasteiger charge is -2.32. The van der Waals surface area contributed by atoms with Gasteiger partial charge in [-0.15, -0.1) is 0 Å². The summed E-state index contributed by atoms with van der Waals surface area (Å²) >= 11 is 0. The van der Waals surface area contributed by atoms with E-state index in [-0.39, 0.29) is 12.0 Å². The molecule has 1 aromatic heterocycles. The van der Waals surface area contributed by atoms with Gasteiger partial charge in [-0.3, -0.25) is 4.79 Å². The van der Waals surface area contributed by atoms with Crippen LogP contribution in [-0.4, -0.2) is 53.9 Å². The number of aryl methyl sites for hydroxylation is 1. The molecule has 1 aliphatic carbocycles. The van der Waals surface area contributed by atoms with Crippen molar-refractivity contribution in [3.05, 3.63) is 41.5 Å². The third-order valence-corrected chi connectivity index (χ3v) is 5.67. The zero-order valence-electron chi connectivity index (χ0n) is 17.0. The van der Waals surface area contributed by atoms with E-state index in [0.717, 1.165) is 68.2 Å². The first-order valence-electron chi connectivity index (χ1n) is 10.6. The number of carbonyl (C=O) groups is 1. The van der Waals surface area contributed by atoms with Crippen molar-refractivity contribution < 1.29 is 18.8 Å². The average Bonchev–Trinajstić information content (AvgIpc) is 3.51. The number of hydrogen-bond acceptors (Lipinski definition) is 6. The van der Waals surface area contributed by atoms with Gasteiger partial charge in [-0.05, 0) is 49.8 Å². The Balaban J connectivity index is 1.12. The van der Waals surface area contributed by atoms with Gasteiger partial charge in [0.2, 0.25) is 11.8 Å². The Morgan fingerprint density at radius 3 is 2.59 bits per heavy atom. The van der Waals surface area contributed by atoms with Crippen LogP contribution >= 0.6 is 0 Å². The number of likely N-dealkylation sites (tertiary alicyclic amines) is 1. The summed E-state index contributed by atoms with van der Waals surface area (Å²) in [6.07, 6.45) is 6.27. The molecule has 2 heterocycles. The summed E-state index contributed by atoms with van der Waals surface area (Å²) in [5.74, 6) is 3.06. The van der Waals surface area contributed by atoms with Crippen LogP contribution < -0.4 is 4.74 Å². The summed E-state index contributed by atoms with van der Waals surface area (Å²) in [4.78, 5) is 18.9. The van der Waals surface area contributed by atoms with Crippen LogP contribution in [0.15, 0.2) is 28.8 Å². The quantitative estimate of drug-likeness (QED) is 0.645. The number of ether oxygens (including phenoxy) is 2. The van der Waals surface area contributed by atoms with Crippen LogP contribution in [0.1, 0.15) is 55.3 Å². The molecule has 1 amide bonds. The number of amides is 1. The molecular formula is C22H29N3O4. The first kappa shape index (κ1) is 19.9. The van der Waals surface area contributed by atoms with Gasteiger partial charge in [-0.2, -0.15) is 4.98 Å². The molecule has 0 bridgehead atoms. The van der Waals surface area contributed by atoms with E-state index in [1.807, 2.05) is 29.2 Å². The van der Waals surface area contributed by atoms with Gasteiger partial charge in [0.15, 0.2) is 5.82 Å². The van der Waals surface area contributed by atoms with Crippen molar-refractivity contribution in [3.8, 4) is 5.75 Å². The zero-order valence-corrected chi connectivity index (χ0v) is 17.0. The Labute approximate surface area is 171 Å². The van der Waals surface area contributed by atoms with E-state index in [4.69, 9.17) is 14.0 Å². The van der Waals surface area contributed by atoms with Gasteiger partial charge in [-0.25, -0.2) is 0 Å². The summed E-state index contributed by atoms with van der Waals surface area (Å²) in [5, 5.41) is 4.02. The van der Waals surface area contributed by atoms with Gasteiger partial charge in [-0.1, -0.05) is 17.3 Å². The number of rotatable bonds is 9. The standard InChI is InChI=1S/C22H29N3O4/c1-27-18-7-2-16(3-8-18)4-9-21(26)25-13-10-19(11-14-25)28-15-12-20-23-22(29-24-20)17-5-6-17/h2-3,7-8,17,19H,4-6,9-15H2,1H3. The summed E-state index contributed by atoms with van der Waals surface area (Å²) in [6.45, 7) is 2.13. The van der Waals surface area contributed by atoms with Crippen LogP contribution in [0.25, 0.3) is 0 Å². The lowest BCUT2D eigenvalue weighted by Crippen LogP contribution is -2.41. The van der Waals surface area contributed by atoms with Gasteiger partial charge in [0.05, 0.1) is 19.8 Å². The third kappa shape index (κ3) is 5.56. The molecule has 2 fully saturated rings. The van der Waals surface area contributed by atoms with Crippen LogP contribution in [0.3, 0.4) is 0 Å². The fourth-order valence-corrected chi connectivity index (χ4v) is 3.66. The molecule has 2 aromatic rings. The van der Waals surface area contributed by atoms with Crippen LogP contribution in [-0.2, 0) is 22.4 Å². The maximum atomic E-state index is 12.5. The first-order valence-corrected chi connectivity index (χ1v) is 10.6. The van der Waals surface area contributed by atoms with Crippen molar-refractivity contribution in [2.45, 2.75) is 57.0 Å². The Hall–Kier alpha value is -2.41. The summed E-state index contributed by atoms with van der Waals surface area (Å²) in [5.41, 5.74) is 1.16. The highest BCUT2D eigenvalue weighted by Crippen LogP contribution is 2.38. The second kappa shape index (κ2) is 9.39. The second-order valence-corrected chi connectivity index (χ2v) is 7.87. The maximum absolute atomic E-state index is 12.5. The minimum absolute atomic E-state index is 0.204. The van der Waals surface area contributed by atoms with Gasteiger partial charge >= 0.3 is 0 Å². The second-order valence-electron chi connectivity index (χ2n) is 7.87. The molecule has 0 spiro atoms. The van der Waals surface area contributed by atoms with Crippen molar-refractivity contribution in [3.63, 3.8) is 0 Å². The molecule has 29 heavy (non-hydrogen) atoms. The predicted octanol–water partition coefficient (Wildman–Crippen LogP) is 3.14. The molecule has 1 saturated heterocycles. The summed E-state index contributed by atoms with van der Waals surface area (Å²) in [7, 11) is 1.65. The van der Waals surface area contributed by atoms with E-state index in [1.54, 1.807) is 7.11 Å². The fourth-order valence-electron chi connectivity index (χ4n) is 3.66. The molecule has 0 radical (unpaired) electrons. The van der Waals surface area contributed by atoms with Crippen molar-refractivity contribution >= 4 is 5.91 Å². The Morgan fingerprint density at radius 2 is 1.90 bits per heavy atom. The van der Waals surface area contributed by atoms with Crippen molar-refractivity contribution in [1.82, 2.24) is 15.0 Å². The van der Waals surface area contributed by atoms with Crippen molar-refractivity contribution in [1.29, 1.82) is 0 Å². The van der Waals surface area contributed by atoms with Gasteiger partial charge in [0.25, 0.3) is 0 Å². The third-order valence-electron chi connectivity index (χ3n) is 5.67. The lowest BCUT2D eigenvalue weighted by molar-refractivity contribution is -0.133. The normalized spacial score (nSPS) is 17.5. The highest BCUT2D eigenvalue weighted by atomic mass is 16.5. The molecule has 1 aliphatic heterocycles. The summed E-state index contributed by atoms with van der Waals surface area (Å²) < 4.78 is 16.4. The highest BCUT2D eigenvalue weighted by Gasteiger charge is 2.29. The molecule has 4 rings (SSSR count). The number of methoxy groups -OCH3 is 1. The van der Waals surface area contributed by atoms with Crippen LogP contribution in [0.5, 0.6) is 5.75 Å². The number of benzene rings is 1. The fraction of sp³-hybridized carbons (Fsp3) is 0.591. The molecule has 1 saturated carbocycles. The Kier molecular flexibility index (Phi) is 6.44. The molecule has 7 nitrogen and oxygen atoms in total. The van der Waals surface area contributed by atoms with Crippen LogP contribution in [0, 0.1) is 0 Å². The molecule has 2 aliphatic rings. The predicted molar refractivity (Wildman–Crippen MR) is 107 cm³/mol. The molecule has 7 heteroatoms. The van der Waals surface area contributed by atoms with Crippen molar-refractivity contribution in [2.24, 2.45) is 0 Å². The van der Waals surface area contributed by atoms with E-state index in [9.17, 15) is 4.79 Å². The number of nitrogens with zero attached hydrogens (tertiary/aromatic N) is 3. The molecule has 1 aromatic carbocycles. The number of hydrogen-bond donors (Lipinski definition) is 0. The number of aromatic nitrogens is 2. The minimum atomic E-state index is 0.204. The molecular weight excluding hydrogens is 370 g/mol. The molecule has 0 unspecified atom stereocenters. The van der Waals surface area contributed by atoms with E-state index in [0.29, 0.717) is 25.4 Å². The lowest BCUT2D eigenvalue weighted by atomic mass is 10.1. The number of carbonyl (C=O) groups excluding carboxylic acids is 1. The molecule has 156 valence electrons. The monoisotopic (exact) mass is 399 g/mol. The van der Waals surface area contributed by atoms with Gasteiger partial charge < -0.3 is 18.9 Å². The van der Waals surface area contributed by atoms with E-state index in [2.05, 4.69) is 10.1 Å². The van der Waals surface area contributed by atoms with Gasteiger partial charge in [0.1, 0.15) is 5.75 Å². The van der Waals surface area contributed by atoms with Crippen molar-refractivity contribution in [2.75, 3.05) is 26.8 Å². The SMILES string of the molecule is COc1ccc(CCC(=O)N2CCC(OCCc3noc(C4CC4)n3)CC2)cc1. The maximum Gasteiger partial charge on any atom is 0.229 e. The van der Waals surface area contributed by atoms with E-state index >= 15 is 0 Å². The highest BCUT2D eigenvalue weighted by molar-refractivity contribution is 5.76. The Bertz CT molecular complexity index is 793. The van der Waals surface area contributed by atoms with Gasteiger partial charge in [0, 0.05) is 31.8 Å². The smallest absolute Gasteiger partial charge is 0.229 e.